The highest BCUT2D eigenvalue weighted by Crippen LogP contribution is 2.39. The average molecular weight is 506 g/mol. The fraction of sp³-hybridized carbons (Fsp3) is 0.107. The summed E-state index contributed by atoms with van der Waals surface area (Å²) < 4.78 is 11.2. The molecule has 0 atom stereocenters. The van der Waals surface area contributed by atoms with Crippen molar-refractivity contribution < 1.29 is 19.4 Å². The molecule has 0 saturated carbocycles. The molecule has 0 fully saturated rings. The van der Waals surface area contributed by atoms with E-state index in [4.69, 9.17) is 32.7 Å². The Morgan fingerprint density at radius 1 is 0.886 bits per heavy atom. The predicted octanol–water partition coefficient (Wildman–Crippen LogP) is 8.36. The minimum absolute atomic E-state index is 0.197. The maximum absolute atomic E-state index is 11.4. The number of nitrogens with one attached hydrogen (secondary N) is 1. The summed E-state index contributed by atoms with van der Waals surface area (Å²) in [4.78, 5) is 14.5. The van der Waals surface area contributed by atoms with Crippen molar-refractivity contribution in [2.75, 3.05) is 6.61 Å². The van der Waals surface area contributed by atoms with Crippen molar-refractivity contribution in [2.24, 2.45) is 0 Å². The van der Waals surface area contributed by atoms with Gasteiger partial charge in [-0.3, -0.25) is 0 Å². The molecule has 0 spiro atoms. The second kappa shape index (κ2) is 9.90. The van der Waals surface area contributed by atoms with E-state index < -0.39 is 6.16 Å². The number of fused-ring (bicyclic) bond motifs is 2. The van der Waals surface area contributed by atoms with Crippen LogP contribution in [0.5, 0.6) is 11.6 Å². The maximum atomic E-state index is 11.4. The highest BCUT2D eigenvalue weighted by Gasteiger charge is 2.19. The fourth-order valence-corrected chi connectivity index (χ4v) is 4.74. The first-order chi connectivity index (χ1) is 17.0. The summed E-state index contributed by atoms with van der Waals surface area (Å²) in [6.07, 6.45) is -0.166. The van der Waals surface area contributed by atoms with E-state index in [9.17, 15) is 9.90 Å². The summed E-state index contributed by atoms with van der Waals surface area (Å²) in [6, 6.07) is 25.0. The van der Waals surface area contributed by atoms with E-state index in [-0.39, 0.29) is 5.88 Å². The number of carbonyl (C=O) groups is 1. The van der Waals surface area contributed by atoms with Crippen molar-refractivity contribution in [1.82, 2.24) is 4.98 Å². The summed E-state index contributed by atoms with van der Waals surface area (Å²) in [5, 5.41) is 13.4. The van der Waals surface area contributed by atoms with Crippen molar-refractivity contribution in [3.63, 3.8) is 0 Å². The molecule has 35 heavy (non-hydrogen) atoms. The first kappa shape index (κ1) is 23.1. The van der Waals surface area contributed by atoms with E-state index in [0.717, 1.165) is 44.1 Å². The first-order valence-electron chi connectivity index (χ1n) is 11.1. The molecule has 176 valence electrons. The minimum atomic E-state index is -1.38. The molecule has 5 rings (SSSR count). The van der Waals surface area contributed by atoms with Crippen LogP contribution < -0.4 is 9.47 Å². The zero-order valence-electron chi connectivity index (χ0n) is 18.6. The normalized spacial score (nSPS) is 11.1. The molecule has 0 bridgehead atoms. The van der Waals surface area contributed by atoms with Gasteiger partial charge in [0.15, 0.2) is 0 Å². The van der Waals surface area contributed by atoms with Gasteiger partial charge in [0, 0.05) is 37.5 Å². The molecule has 7 heteroatoms. The summed E-state index contributed by atoms with van der Waals surface area (Å²) in [7, 11) is 0. The Kier molecular flexibility index (Phi) is 6.53. The van der Waals surface area contributed by atoms with Crippen molar-refractivity contribution in [2.45, 2.75) is 12.8 Å². The number of rotatable bonds is 7. The van der Waals surface area contributed by atoms with Gasteiger partial charge in [0.2, 0.25) is 5.88 Å². The van der Waals surface area contributed by atoms with E-state index in [1.807, 2.05) is 60.7 Å². The Morgan fingerprint density at radius 3 is 2.51 bits per heavy atom. The number of para-hydroxylation sites is 1. The number of hydrogen-bond donors (Lipinski definition) is 2. The van der Waals surface area contributed by atoms with Gasteiger partial charge in [0.05, 0.1) is 12.1 Å². The number of hydrogen-bond acceptors (Lipinski definition) is 3. The zero-order valence-corrected chi connectivity index (χ0v) is 20.1. The molecule has 0 aliphatic rings. The minimum Gasteiger partial charge on any atom is -0.493 e. The van der Waals surface area contributed by atoms with Crippen LogP contribution in [0.15, 0.2) is 78.9 Å². The number of aromatic nitrogens is 1. The van der Waals surface area contributed by atoms with Gasteiger partial charge in [-0.1, -0.05) is 77.8 Å². The molecule has 4 aromatic carbocycles. The van der Waals surface area contributed by atoms with Crippen LogP contribution in [0.25, 0.3) is 32.8 Å². The van der Waals surface area contributed by atoms with Crippen LogP contribution in [0.3, 0.4) is 0 Å². The molecule has 0 aliphatic carbocycles. The smallest absolute Gasteiger partial charge is 0.493 e. The lowest BCUT2D eigenvalue weighted by Gasteiger charge is -2.10. The van der Waals surface area contributed by atoms with Crippen molar-refractivity contribution >= 4 is 51.0 Å². The number of ether oxygens (including phenoxy) is 2. The molecular formula is C28H21Cl2NO4. The maximum Gasteiger partial charge on any atom is 0.512 e. The van der Waals surface area contributed by atoms with Gasteiger partial charge in [0.1, 0.15) is 5.75 Å². The number of aryl methyl sites for hydroxylation is 1. The number of carboxylic acid groups (broad SMARTS) is 1. The third-order valence-electron chi connectivity index (χ3n) is 5.89. The lowest BCUT2D eigenvalue weighted by Crippen LogP contribution is -2.06. The molecule has 1 heterocycles. The van der Waals surface area contributed by atoms with Gasteiger partial charge in [-0.2, -0.15) is 0 Å². The molecule has 0 aliphatic heterocycles. The van der Waals surface area contributed by atoms with Gasteiger partial charge >= 0.3 is 6.16 Å². The Hall–Kier alpha value is -3.67. The quantitative estimate of drug-likeness (QED) is 0.172. The first-order valence-corrected chi connectivity index (χ1v) is 11.9. The summed E-state index contributed by atoms with van der Waals surface area (Å²) in [6.45, 7) is 0.465. The third-order valence-corrected chi connectivity index (χ3v) is 6.45. The number of H-pyrrole nitrogens is 1. The molecule has 0 radical (unpaired) electrons. The molecule has 5 nitrogen and oxygen atoms in total. The van der Waals surface area contributed by atoms with Crippen molar-refractivity contribution in [3.8, 4) is 22.8 Å². The largest absolute Gasteiger partial charge is 0.512 e. The zero-order chi connectivity index (χ0) is 24.4. The van der Waals surface area contributed by atoms with Crippen LogP contribution in [0, 0.1) is 0 Å². The Morgan fingerprint density at radius 2 is 1.66 bits per heavy atom. The highest BCUT2D eigenvalue weighted by molar-refractivity contribution is 6.35. The predicted molar refractivity (Wildman–Crippen MR) is 140 cm³/mol. The van der Waals surface area contributed by atoms with Crippen molar-refractivity contribution in [3.05, 3.63) is 94.5 Å². The SMILES string of the molecule is O=C(O)Oc1[nH]c2c(-c3cc(Cl)ccc3Cl)cccc2c1CCCOc1cccc2ccccc12. The monoisotopic (exact) mass is 505 g/mol. The fourth-order valence-electron chi connectivity index (χ4n) is 4.35. The van der Waals surface area contributed by atoms with Crippen LogP contribution in [-0.2, 0) is 6.42 Å². The van der Waals surface area contributed by atoms with Crippen LogP contribution in [0.1, 0.15) is 12.0 Å². The van der Waals surface area contributed by atoms with E-state index in [2.05, 4.69) is 4.98 Å². The molecular weight excluding hydrogens is 485 g/mol. The van der Waals surface area contributed by atoms with E-state index in [1.54, 1.807) is 18.2 Å². The second-order valence-corrected chi connectivity index (χ2v) is 8.93. The molecule has 1 aromatic heterocycles. The molecule has 2 N–H and O–H groups in total. The average Bonchev–Trinajstić information content (AvgIpc) is 3.20. The van der Waals surface area contributed by atoms with E-state index in [1.165, 1.54) is 0 Å². The van der Waals surface area contributed by atoms with Gasteiger partial charge in [-0.05, 0) is 42.5 Å². The van der Waals surface area contributed by atoms with Gasteiger partial charge in [0.25, 0.3) is 0 Å². The Balaban J connectivity index is 1.43. The Labute approximate surface area is 211 Å². The standard InChI is InChI=1S/C28H21Cl2NO4/c29-18-13-14-24(30)23(16-18)21-10-4-9-20-22(27(31-26(20)21)35-28(32)33)11-5-15-34-25-12-3-7-17-6-1-2-8-19(17)25/h1-4,6-10,12-14,16,31H,5,11,15H2,(H,32,33). The van der Waals surface area contributed by atoms with Crippen LogP contribution in [0.2, 0.25) is 10.0 Å². The topological polar surface area (TPSA) is 71.5 Å². The van der Waals surface area contributed by atoms with E-state index in [0.29, 0.717) is 29.5 Å². The molecule has 0 amide bonds. The number of benzene rings is 4. The molecule has 5 aromatic rings. The van der Waals surface area contributed by atoms with Crippen molar-refractivity contribution in [1.29, 1.82) is 0 Å². The number of aromatic amines is 1. The molecule has 0 unspecified atom stereocenters. The van der Waals surface area contributed by atoms with Crippen LogP contribution >= 0.6 is 23.2 Å². The van der Waals surface area contributed by atoms with Gasteiger partial charge in [-0.15, -0.1) is 0 Å². The third kappa shape index (κ3) is 4.78. The van der Waals surface area contributed by atoms with Crippen LogP contribution in [-0.4, -0.2) is 22.9 Å². The highest BCUT2D eigenvalue weighted by atomic mass is 35.5. The summed E-state index contributed by atoms with van der Waals surface area (Å²) >= 11 is 12.7. The molecule has 0 saturated heterocycles. The Bertz CT molecular complexity index is 1540. The second-order valence-electron chi connectivity index (χ2n) is 8.08. The van der Waals surface area contributed by atoms with Gasteiger partial charge in [-0.25, -0.2) is 4.79 Å². The summed E-state index contributed by atoms with van der Waals surface area (Å²) in [5.74, 6) is 1.02. The summed E-state index contributed by atoms with van der Waals surface area (Å²) in [5.41, 5.74) is 3.06. The van der Waals surface area contributed by atoms with E-state index >= 15 is 0 Å². The lowest BCUT2D eigenvalue weighted by molar-refractivity contribution is 0.142. The number of halogens is 2. The lowest BCUT2D eigenvalue weighted by atomic mass is 10.0. The van der Waals surface area contributed by atoms with Crippen LogP contribution in [0.4, 0.5) is 4.79 Å². The van der Waals surface area contributed by atoms with Gasteiger partial charge < -0.3 is 19.6 Å².